The number of ether oxygens (including phenoxy) is 1. The minimum atomic E-state index is -2.61. The van der Waals surface area contributed by atoms with E-state index in [2.05, 4.69) is 9.72 Å². The topological polar surface area (TPSA) is 103 Å². The largest absolute Gasteiger partial charge is 0.465 e. The second kappa shape index (κ2) is 9.00. The van der Waals surface area contributed by atoms with Crippen molar-refractivity contribution in [3.05, 3.63) is 58.9 Å². The van der Waals surface area contributed by atoms with E-state index in [0.29, 0.717) is 22.0 Å². The molecule has 29 heavy (non-hydrogen) atoms. The van der Waals surface area contributed by atoms with Gasteiger partial charge in [-0.1, -0.05) is 17.7 Å². The quantitative estimate of drug-likeness (QED) is 0.704. The number of halogens is 1. The van der Waals surface area contributed by atoms with E-state index in [1.54, 1.807) is 41.3 Å². The summed E-state index contributed by atoms with van der Waals surface area (Å²) in [6, 6.07) is 9.88. The van der Waals surface area contributed by atoms with Crippen LogP contribution in [0.4, 0.5) is 10.5 Å². The summed E-state index contributed by atoms with van der Waals surface area (Å²) < 4.78 is 24.3. The summed E-state index contributed by atoms with van der Waals surface area (Å²) in [7, 11) is -1.32. The van der Waals surface area contributed by atoms with Gasteiger partial charge in [0.1, 0.15) is 0 Å². The van der Waals surface area contributed by atoms with Gasteiger partial charge in [-0.05, 0) is 30.3 Å². The summed E-state index contributed by atoms with van der Waals surface area (Å²) in [6.45, 7) is 0.674. The lowest BCUT2D eigenvalue weighted by Gasteiger charge is -2.42. The smallest absolute Gasteiger partial charge is 0.339 e. The lowest BCUT2D eigenvalue weighted by atomic mass is 10.2. The average Bonchev–Trinajstić information content (AvgIpc) is 2.71. The van der Waals surface area contributed by atoms with Gasteiger partial charge >= 0.3 is 12.0 Å². The van der Waals surface area contributed by atoms with E-state index in [-0.39, 0.29) is 37.2 Å². The highest BCUT2D eigenvalue weighted by atomic mass is 35.5. The van der Waals surface area contributed by atoms with Crippen molar-refractivity contribution in [1.29, 1.82) is 0 Å². The fourth-order valence-electron chi connectivity index (χ4n) is 2.92. The molecule has 2 N–H and O–H groups in total. The number of hydrogen-bond donors (Lipinski definition) is 2. The zero-order chi connectivity index (χ0) is 21.0. The maximum atomic E-state index is 13.2. The molecule has 0 atom stereocenters. The normalized spacial score (nSPS) is 16.8. The third-order valence-corrected chi connectivity index (χ3v) is 6.47. The van der Waals surface area contributed by atoms with Crippen molar-refractivity contribution in [3.8, 4) is 0 Å². The molecule has 0 spiro atoms. The lowest BCUT2D eigenvalue weighted by Crippen LogP contribution is -2.48. The number of urea groups is 1. The molecule has 8 nitrogen and oxygen atoms in total. The standard InChI is InChI=1S/C19H22ClN3O5S/c1-28-18(24)14-5-6-16(21-12-14)13-23(17-4-2-3-15(20)11-17)19(25)22-7-9-29(26,27)10-8-22/h2-6,11-12,26-27H,7-10,13H2,1H3. The molecule has 0 saturated carbocycles. The van der Waals surface area contributed by atoms with Crippen molar-refractivity contribution in [2.45, 2.75) is 6.54 Å². The molecule has 0 bridgehead atoms. The Morgan fingerprint density at radius 3 is 2.55 bits per heavy atom. The van der Waals surface area contributed by atoms with Crippen molar-refractivity contribution in [2.75, 3.05) is 36.6 Å². The van der Waals surface area contributed by atoms with Gasteiger partial charge in [0.2, 0.25) is 0 Å². The van der Waals surface area contributed by atoms with Gasteiger partial charge in [-0.25, -0.2) is 9.59 Å². The number of benzene rings is 1. The number of esters is 1. The van der Waals surface area contributed by atoms with Gasteiger partial charge in [-0.2, -0.15) is 10.6 Å². The number of methoxy groups -OCH3 is 1. The van der Waals surface area contributed by atoms with Crippen LogP contribution >= 0.6 is 22.2 Å². The Morgan fingerprint density at radius 2 is 1.97 bits per heavy atom. The molecule has 0 unspecified atom stereocenters. The molecule has 2 amide bonds. The van der Waals surface area contributed by atoms with E-state index < -0.39 is 16.6 Å². The van der Waals surface area contributed by atoms with Gasteiger partial charge < -0.3 is 9.64 Å². The molecule has 10 heteroatoms. The van der Waals surface area contributed by atoms with Crippen LogP contribution in [-0.4, -0.2) is 62.7 Å². The molecule has 0 aliphatic carbocycles. The Hall–Kier alpha value is -2.33. The third-order valence-electron chi connectivity index (χ3n) is 4.56. The van der Waals surface area contributed by atoms with Crippen LogP contribution in [0.2, 0.25) is 5.02 Å². The Labute approximate surface area is 175 Å². The number of hydrogen-bond acceptors (Lipinski definition) is 6. The zero-order valence-corrected chi connectivity index (χ0v) is 17.4. The number of aromatic nitrogens is 1. The summed E-state index contributed by atoms with van der Waals surface area (Å²) in [5, 5.41) is 0.488. The summed E-state index contributed by atoms with van der Waals surface area (Å²) in [5.41, 5.74) is 1.49. The van der Waals surface area contributed by atoms with Crippen LogP contribution < -0.4 is 4.90 Å². The Bertz CT molecular complexity index is 884. The predicted octanol–water partition coefficient (Wildman–Crippen LogP) is 3.71. The molecule has 0 radical (unpaired) electrons. The molecule has 1 aromatic carbocycles. The van der Waals surface area contributed by atoms with Crippen LogP contribution in [0.15, 0.2) is 42.6 Å². The van der Waals surface area contributed by atoms with Crippen molar-refractivity contribution in [3.63, 3.8) is 0 Å². The zero-order valence-electron chi connectivity index (χ0n) is 15.8. The van der Waals surface area contributed by atoms with Gasteiger partial charge in [0.05, 0.1) is 36.4 Å². The first-order valence-electron chi connectivity index (χ1n) is 8.88. The van der Waals surface area contributed by atoms with Crippen LogP contribution in [0.1, 0.15) is 16.1 Å². The van der Waals surface area contributed by atoms with E-state index in [1.807, 2.05) is 0 Å². The minimum Gasteiger partial charge on any atom is -0.465 e. The molecular formula is C19H22ClN3O5S. The summed E-state index contributed by atoms with van der Waals surface area (Å²) in [4.78, 5) is 32.2. The Morgan fingerprint density at radius 1 is 1.24 bits per heavy atom. The van der Waals surface area contributed by atoms with E-state index >= 15 is 0 Å². The fourth-order valence-corrected chi connectivity index (χ4v) is 4.33. The Kier molecular flexibility index (Phi) is 6.63. The van der Waals surface area contributed by atoms with Crippen LogP contribution in [0.5, 0.6) is 0 Å². The van der Waals surface area contributed by atoms with Crippen LogP contribution in [0, 0.1) is 0 Å². The van der Waals surface area contributed by atoms with Crippen molar-refractivity contribution in [2.24, 2.45) is 0 Å². The number of anilines is 1. The number of amides is 2. The minimum absolute atomic E-state index is 0.160. The first-order chi connectivity index (χ1) is 13.8. The SMILES string of the molecule is COC(=O)c1ccc(CN(C(=O)N2CCS(O)(O)CC2)c2cccc(Cl)c2)nc1. The van der Waals surface area contributed by atoms with Crippen LogP contribution in [0.3, 0.4) is 0 Å². The number of rotatable bonds is 4. The van der Waals surface area contributed by atoms with Crippen LogP contribution in [0.25, 0.3) is 0 Å². The molecular weight excluding hydrogens is 418 g/mol. The average molecular weight is 440 g/mol. The van der Waals surface area contributed by atoms with E-state index in [1.165, 1.54) is 18.2 Å². The second-order valence-electron chi connectivity index (χ2n) is 6.58. The predicted molar refractivity (Wildman–Crippen MR) is 113 cm³/mol. The highest BCUT2D eigenvalue weighted by Crippen LogP contribution is 2.40. The summed E-state index contributed by atoms with van der Waals surface area (Å²) in [6.07, 6.45) is 1.40. The number of carbonyl (C=O) groups excluding carboxylic acids is 2. The molecule has 1 fully saturated rings. The summed E-state index contributed by atoms with van der Waals surface area (Å²) >= 11 is 6.11. The van der Waals surface area contributed by atoms with E-state index in [9.17, 15) is 18.7 Å². The van der Waals surface area contributed by atoms with Gasteiger partial charge in [-0.3, -0.25) is 19.0 Å². The number of pyridine rings is 1. The number of carbonyl (C=O) groups is 2. The van der Waals surface area contributed by atoms with Crippen molar-refractivity contribution >= 4 is 39.9 Å². The molecule has 1 aliphatic heterocycles. The highest BCUT2D eigenvalue weighted by molar-refractivity contribution is 8.24. The molecule has 1 aromatic heterocycles. The molecule has 1 aliphatic rings. The van der Waals surface area contributed by atoms with E-state index in [4.69, 9.17) is 11.6 Å². The lowest BCUT2D eigenvalue weighted by molar-refractivity contribution is 0.0600. The monoisotopic (exact) mass is 439 g/mol. The molecule has 3 rings (SSSR count). The van der Waals surface area contributed by atoms with Gasteiger partial charge in [0.25, 0.3) is 0 Å². The third kappa shape index (κ3) is 5.39. The van der Waals surface area contributed by atoms with Gasteiger partial charge in [0, 0.05) is 30.0 Å². The first-order valence-corrected chi connectivity index (χ1v) is 11.1. The highest BCUT2D eigenvalue weighted by Gasteiger charge is 2.29. The fraction of sp³-hybridized carbons (Fsp3) is 0.316. The van der Waals surface area contributed by atoms with Gasteiger partial charge in [-0.15, -0.1) is 0 Å². The van der Waals surface area contributed by atoms with Crippen molar-refractivity contribution in [1.82, 2.24) is 9.88 Å². The van der Waals surface area contributed by atoms with E-state index in [0.717, 1.165) is 0 Å². The molecule has 1 saturated heterocycles. The Balaban J connectivity index is 1.84. The molecule has 156 valence electrons. The van der Waals surface area contributed by atoms with Gasteiger partial charge in [0.15, 0.2) is 0 Å². The first kappa shape index (κ1) is 21.4. The maximum Gasteiger partial charge on any atom is 0.339 e. The van der Waals surface area contributed by atoms with Crippen molar-refractivity contribution < 1.29 is 23.4 Å². The second-order valence-corrected chi connectivity index (χ2v) is 9.43. The molecule has 2 heterocycles. The summed E-state index contributed by atoms with van der Waals surface area (Å²) in [5.74, 6) is -0.165. The molecule has 2 aromatic rings. The van der Waals surface area contributed by atoms with Crippen LogP contribution in [-0.2, 0) is 11.3 Å². The number of nitrogens with zero attached hydrogens (tertiary/aromatic N) is 3. The maximum absolute atomic E-state index is 13.2.